The van der Waals surface area contributed by atoms with Gasteiger partial charge in [-0.25, -0.2) is 14.5 Å². The third kappa shape index (κ3) is 3.24. The fourth-order valence-electron chi connectivity index (χ4n) is 1.98. The Kier molecular flexibility index (Phi) is 4.39. The van der Waals surface area contributed by atoms with E-state index in [1.165, 1.54) is 0 Å². The van der Waals surface area contributed by atoms with E-state index in [1.54, 1.807) is 0 Å². The van der Waals surface area contributed by atoms with Gasteiger partial charge in [-0.05, 0) is 18.4 Å². The topological polar surface area (TPSA) is 55.8 Å². The maximum atomic E-state index is 11.8. The predicted octanol–water partition coefficient (Wildman–Crippen LogP) is 2.60. The monoisotopic (exact) mass is 263 g/mol. The molecule has 1 fully saturated rings. The first-order chi connectivity index (χ1) is 9.22. The number of cyclic esters (lactones) is 1. The first kappa shape index (κ1) is 13.4. The summed E-state index contributed by atoms with van der Waals surface area (Å²) in [4.78, 5) is 24.5. The van der Waals surface area contributed by atoms with Crippen LogP contribution in [-0.4, -0.2) is 36.3 Å². The molecule has 19 heavy (non-hydrogen) atoms. The molecule has 1 saturated heterocycles. The molecule has 0 radical (unpaired) electrons. The van der Waals surface area contributed by atoms with Crippen LogP contribution in [0.1, 0.15) is 18.9 Å². The molecule has 2 amide bonds. The van der Waals surface area contributed by atoms with E-state index in [4.69, 9.17) is 9.47 Å². The fraction of sp³-hybridized carbons (Fsp3) is 0.429. The van der Waals surface area contributed by atoms with Gasteiger partial charge in [0.2, 0.25) is 0 Å². The van der Waals surface area contributed by atoms with Crippen molar-refractivity contribution in [2.45, 2.75) is 25.8 Å². The summed E-state index contributed by atoms with van der Waals surface area (Å²) in [6.45, 7) is 2.42. The van der Waals surface area contributed by atoms with Gasteiger partial charge in [0.05, 0.1) is 12.6 Å². The number of imide groups is 1. The lowest BCUT2D eigenvalue weighted by molar-refractivity contribution is 0.103. The highest BCUT2D eigenvalue weighted by molar-refractivity contribution is 5.89. The normalized spacial score (nSPS) is 18.3. The Morgan fingerprint density at radius 1 is 1.42 bits per heavy atom. The van der Waals surface area contributed by atoms with E-state index in [9.17, 15) is 9.59 Å². The SMILES string of the molecule is CCCOC(=O)N1C(=O)OC[C@@H]1Cc1ccccc1. The zero-order valence-corrected chi connectivity index (χ0v) is 10.9. The molecular formula is C14H17NO4. The van der Waals surface area contributed by atoms with Crippen molar-refractivity contribution in [3.05, 3.63) is 35.9 Å². The van der Waals surface area contributed by atoms with Crippen LogP contribution >= 0.6 is 0 Å². The molecule has 1 aliphatic rings. The highest BCUT2D eigenvalue weighted by atomic mass is 16.6. The van der Waals surface area contributed by atoms with Crippen molar-refractivity contribution in [2.24, 2.45) is 0 Å². The van der Waals surface area contributed by atoms with Crippen molar-refractivity contribution in [2.75, 3.05) is 13.2 Å². The summed E-state index contributed by atoms with van der Waals surface area (Å²) in [5.41, 5.74) is 1.05. The fourth-order valence-corrected chi connectivity index (χ4v) is 1.98. The van der Waals surface area contributed by atoms with Gasteiger partial charge < -0.3 is 9.47 Å². The smallest absolute Gasteiger partial charge is 0.419 e. The van der Waals surface area contributed by atoms with Crippen molar-refractivity contribution in [3.63, 3.8) is 0 Å². The summed E-state index contributed by atoms with van der Waals surface area (Å²) in [6, 6.07) is 9.39. The first-order valence-electron chi connectivity index (χ1n) is 6.39. The average molecular weight is 263 g/mol. The summed E-state index contributed by atoms with van der Waals surface area (Å²) in [5, 5.41) is 0. The molecule has 1 aromatic rings. The number of benzene rings is 1. The molecule has 1 atom stereocenters. The van der Waals surface area contributed by atoms with Gasteiger partial charge in [0.25, 0.3) is 0 Å². The molecule has 1 heterocycles. The summed E-state index contributed by atoms with van der Waals surface area (Å²) in [5.74, 6) is 0. The molecule has 5 heteroatoms. The lowest BCUT2D eigenvalue weighted by atomic mass is 10.1. The second kappa shape index (κ2) is 6.22. The second-order valence-corrected chi connectivity index (χ2v) is 4.40. The van der Waals surface area contributed by atoms with Gasteiger partial charge in [0, 0.05) is 0 Å². The minimum atomic E-state index is -0.623. The average Bonchev–Trinajstić information content (AvgIpc) is 2.78. The summed E-state index contributed by atoms with van der Waals surface area (Å²) in [7, 11) is 0. The van der Waals surface area contributed by atoms with Crippen molar-refractivity contribution in [1.82, 2.24) is 4.90 Å². The summed E-state index contributed by atoms with van der Waals surface area (Å²) >= 11 is 0. The zero-order chi connectivity index (χ0) is 13.7. The van der Waals surface area contributed by atoms with E-state index < -0.39 is 12.2 Å². The van der Waals surface area contributed by atoms with E-state index in [-0.39, 0.29) is 12.6 Å². The number of carbonyl (C=O) groups excluding carboxylic acids is 2. The zero-order valence-electron chi connectivity index (χ0n) is 10.9. The Balaban J connectivity index is 2.03. The van der Waals surface area contributed by atoms with Crippen LogP contribution in [0.2, 0.25) is 0 Å². The molecule has 1 aromatic carbocycles. The van der Waals surface area contributed by atoms with Crippen LogP contribution in [-0.2, 0) is 15.9 Å². The second-order valence-electron chi connectivity index (χ2n) is 4.40. The standard InChI is InChI=1S/C14H17NO4/c1-2-8-18-13(16)15-12(10-19-14(15)17)9-11-6-4-3-5-7-11/h3-7,12H,2,8-10H2,1H3/t12-/m0/s1. The van der Waals surface area contributed by atoms with Gasteiger partial charge in [-0.1, -0.05) is 37.3 Å². The number of carbonyl (C=O) groups is 2. The molecule has 0 N–H and O–H groups in total. The Bertz CT molecular complexity index is 446. The number of hydrogen-bond acceptors (Lipinski definition) is 4. The Morgan fingerprint density at radius 3 is 2.84 bits per heavy atom. The van der Waals surface area contributed by atoms with Crippen LogP contribution in [0.5, 0.6) is 0 Å². The van der Waals surface area contributed by atoms with Crippen LogP contribution in [0.25, 0.3) is 0 Å². The molecule has 0 unspecified atom stereocenters. The van der Waals surface area contributed by atoms with Crippen molar-refractivity contribution in [1.29, 1.82) is 0 Å². The molecule has 102 valence electrons. The van der Waals surface area contributed by atoms with Crippen LogP contribution in [0, 0.1) is 0 Å². The van der Waals surface area contributed by atoms with Crippen LogP contribution in [0.15, 0.2) is 30.3 Å². The summed E-state index contributed by atoms with van der Waals surface area (Å²) in [6.07, 6.45) is 0.0542. The molecule has 2 rings (SSSR count). The van der Waals surface area contributed by atoms with Crippen LogP contribution in [0.3, 0.4) is 0 Å². The van der Waals surface area contributed by atoms with E-state index in [0.717, 1.165) is 16.9 Å². The Hall–Kier alpha value is -2.04. The van der Waals surface area contributed by atoms with Gasteiger partial charge in [-0.3, -0.25) is 0 Å². The molecule has 0 aromatic heterocycles. The molecule has 5 nitrogen and oxygen atoms in total. The van der Waals surface area contributed by atoms with Gasteiger partial charge in [-0.2, -0.15) is 0 Å². The minimum Gasteiger partial charge on any atom is -0.449 e. The van der Waals surface area contributed by atoms with Gasteiger partial charge >= 0.3 is 12.2 Å². The van der Waals surface area contributed by atoms with Gasteiger partial charge in [0.1, 0.15) is 6.61 Å². The number of nitrogens with zero attached hydrogens (tertiary/aromatic N) is 1. The van der Waals surface area contributed by atoms with Crippen molar-refractivity contribution >= 4 is 12.2 Å². The quantitative estimate of drug-likeness (QED) is 0.837. The molecule has 1 aliphatic heterocycles. The van der Waals surface area contributed by atoms with Gasteiger partial charge in [-0.15, -0.1) is 0 Å². The van der Waals surface area contributed by atoms with Crippen molar-refractivity contribution < 1.29 is 19.1 Å². The van der Waals surface area contributed by atoms with E-state index in [1.807, 2.05) is 37.3 Å². The Morgan fingerprint density at radius 2 is 2.16 bits per heavy atom. The van der Waals surface area contributed by atoms with E-state index in [2.05, 4.69) is 0 Å². The highest BCUT2D eigenvalue weighted by Crippen LogP contribution is 2.18. The summed E-state index contributed by atoms with van der Waals surface area (Å²) < 4.78 is 9.94. The van der Waals surface area contributed by atoms with Gasteiger partial charge in [0.15, 0.2) is 0 Å². The maximum absolute atomic E-state index is 11.8. The van der Waals surface area contributed by atoms with E-state index >= 15 is 0 Å². The first-order valence-corrected chi connectivity index (χ1v) is 6.39. The largest absolute Gasteiger partial charge is 0.449 e. The maximum Gasteiger partial charge on any atom is 0.419 e. The lowest BCUT2D eigenvalue weighted by Gasteiger charge is -2.18. The lowest BCUT2D eigenvalue weighted by Crippen LogP contribution is -2.40. The third-order valence-electron chi connectivity index (χ3n) is 2.90. The number of rotatable bonds is 4. The minimum absolute atomic E-state index is 0.217. The highest BCUT2D eigenvalue weighted by Gasteiger charge is 2.38. The molecule has 0 saturated carbocycles. The number of ether oxygens (including phenoxy) is 2. The molecule has 0 spiro atoms. The molecular weight excluding hydrogens is 246 g/mol. The van der Waals surface area contributed by atoms with Crippen molar-refractivity contribution in [3.8, 4) is 0 Å². The third-order valence-corrected chi connectivity index (χ3v) is 2.90. The molecule has 0 aliphatic carbocycles. The Labute approximate surface area is 112 Å². The van der Waals surface area contributed by atoms with E-state index in [0.29, 0.717) is 13.0 Å². The predicted molar refractivity (Wildman–Crippen MR) is 68.8 cm³/mol. The van der Waals surface area contributed by atoms with Crippen LogP contribution < -0.4 is 0 Å². The number of hydrogen-bond donors (Lipinski definition) is 0. The van der Waals surface area contributed by atoms with Crippen LogP contribution in [0.4, 0.5) is 9.59 Å². The molecule has 0 bridgehead atoms. The number of amides is 2.